The molecule has 1 aliphatic rings. The Morgan fingerprint density at radius 2 is 1.88 bits per heavy atom. The molecule has 11 heteroatoms. The number of hydrogen-bond acceptors (Lipinski definition) is 6. The summed E-state index contributed by atoms with van der Waals surface area (Å²) in [6.45, 7) is 1.63. The Morgan fingerprint density at radius 3 is 2.46 bits per heavy atom. The van der Waals surface area contributed by atoms with E-state index in [1.54, 1.807) is 6.92 Å². The van der Waals surface area contributed by atoms with E-state index in [-0.39, 0.29) is 11.1 Å². The third-order valence-electron chi connectivity index (χ3n) is 3.95. The van der Waals surface area contributed by atoms with Gasteiger partial charge in [0.05, 0.1) is 0 Å². The molecule has 3 rings (SSSR count). The molecule has 8 nitrogen and oxygen atoms in total. The van der Waals surface area contributed by atoms with Crippen LogP contribution < -0.4 is 0 Å². The van der Waals surface area contributed by atoms with Crippen LogP contribution in [0.5, 0.6) is 0 Å². The fraction of sp³-hybridized carbons (Fsp3) is 0.267. The van der Waals surface area contributed by atoms with Crippen LogP contribution in [0, 0.1) is 12.7 Å². The Balaban J connectivity index is 2.01. The minimum Gasteiger partial charge on any atom is -0.367 e. The minimum atomic E-state index is -5.13. The molecule has 0 spiro atoms. The number of nitrogens with zero attached hydrogens (tertiary/aromatic N) is 1. The van der Waals surface area contributed by atoms with Crippen molar-refractivity contribution in [2.45, 2.75) is 24.7 Å². The first-order valence-electron chi connectivity index (χ1n) is 7.46. The molecule has 1 aliphatic heterocycles. The summed E-state index contributed by atoms with van der Waals surface area (Å²) >= 11 is 0. The van der Waals surface area contributed by atoms with E-state index in [2.05, 4.69) is 4.98 Å². The summed E-state index contributed by atoms with van der Waals surface area (Å²) in [5.74, 6) is -0.849. The maximum Gasteiger partial charge on any atom is 0.374 e. The van der Waals surface area contributed by atoms with Crippen LogP contribution in [0.4, 0.5) is 4.39 Å². The second-order valence-corrected chi connectivity index (χ2v) is 10.3. The highest BCUT2D eigenvalue weighted by molar-refractivity contribution is 7.73. The molecule has 1 fully saturated rings. The Morgan fingerprint density at radius 1 is 1.23 bits per heavy atom. The molecule has 0 radical (unpaired) electrons. The van der Waals surface area contributed by atoms with Gasteiger partial charge in [0.25, 0.3) is 5.08 Å². The lowest BCUT2D eigenvalue weighted by Crippen LogP contribution is -2.38. The molecule has 0 amide bonds. The summed E-state index contributed by atoms with van der Waals surface area (Å²) in [5.41, 5.74) is 0.466. The average molecular weight is 403 g/mol. The summed E-state index contributed by atoms with van der Waals surface area (Å²) in [6, 6.07) is 6.69. The van der Waals surface area contributed by atoms with Gasteiger partial charge in [-0.25, -0.2) is 4.39 Å². The highest BCUT2D eigenvalue weighted by atomic mass is 31.2. The zero-order valence-corrected chi connectivity index (χ0v) is 15.3. The first-order valence-corrected chi connectivity index (χ1v) is 10.6. The summed E-state index contributed by atoms with van der Waals surface area (Å²) in [6.07, 6.45) is 0.0424. The number of halogens is 1. The molecule has 0 aliphatic carbocycles. The van der Waals surface area contributed by atoms with Crippen molar-refractivity contribution in [3.05, 3.63) is 65.2 Å². The average Bonchev–Trinajstić information content (AvgIpc) is 2.55. The highest BCUT2D eigenvalue weighted by Gasteiger charge is 2.67. The Kier molecular flexibility index (Phi) is 4.92. The predicted octanol–water partition coefficient (Wildman–Crippen LogP) is 2.83. The molecule has 1 aromatic carbocycles. The van der Waals surface area contributed by atoms with Crippen molar-refractivity contribution in [3.63, 3.8) is 0 Å². The van der Waals surface area contributed by atoms with E-state index in [1.807, 2.05) is 0 Å². The van der Waals surface area contributed by atoms with E-state index < -0.39 is 38.8 Å². The predicted molar refractivity (Wildman–Crippen MR) is 88.6 cm³/mol. The normalized spacial score (nSPS) is 34.6. The van der Waals surface area contributed by atoms with Gasteiger partial charge >= 0.3 is 15.2 Å². The number of rotatable bonds is 3. The van der Waals surface area contributed by atoms with Crippen LogP contribution in [0.3, 0.4) is 0 Å². The number of aryl methyl sites for hydroxylation is 1. The molecule has 140 valence electrons. The van der Waals surface area contributed by atoms with Crippen molar-refractivity contribution < 1.29 is 37.5 Å². The highest BCUT2D eigenvalue weighted by Crippen LogP contribution is 2.79. The number of aliphatic hydroxyl groups is 1. The van der Waals surface area contributed by atoms with Gasteiger partial charge in [0.15, 0.2) is 0 Å². The lowest BCUT2D eigenvalue weighted by atomic mass is 10.1. The molecule has 1 saturated heterocycles. The molecular formula is C15H16FNO7P2. The zero-order chi connectivity index (χ0) is 19.2. The molecule has 2 atom stereocenters. The van der Waals surface area contributed by atoms with Gasteiger partial charge in [-0.15, -0.1) is 0 Å². The molecule has 0 bridgehead atoms. The van der Waals surface area contributed by atoms with Gasteiger partial charge in [0, 0.05) is 24.4 Å². The van der Waals surface area contributed by atoms with Gasteiger partial charge in [-0.05, 0) is 30.7 Å². The summed E-state index contributed by atoms with van der Waals surface area (Å²) in [4.78, 5) is 24.2. The minimum absolute atomic E-state index is 0.214. The molecular weight excluding hydrogens is 387 g/mol. The van der Waals surface area contributed by atoms with Crippen molar-refractivity contribution in [1.29, 1.82) is 0 Å². The van der Waals surface area contributed by atoms with Crippen molar-refractivity contribution >= 4 is 15.2 Å². The molecule has 2 aromatic rings. The second kappa shape index (κ2) is 6.62. The Bertz CT molecular complexity index is 897. The monoisotopic (exact) mass is 403 g/mol. The quantitative estimate of drug-likeness (QED) is 0.668. The van der Waals surface area contributed by atoms with Crippen molar-refractivity contribution in [2.24, 2.45) is 0 Å². The SMILES string of the molecule is Cc1ccc(F)c(C2OP(=O)(O)C(O)(Cc3cccnc3)P(=O)(O)O2)c1. The van der Waals surface area contributed by atoms with Crippen molar-refractivity contribution in [1.82, 2.24) is 4.98 Å². The van der Waals surface area contributed by atoms with E-state index in [9.17, 15) is 28.4 Å². The van der Waals surface area contributed by atoms with E-state index in [1.165, 1.54) is 36.7 Å². The van der Waals surface area contributed by atoms with E-state index in [4.69, 9.17) is 9.05 Å². The smallest absolute Gasteiger partial charge is 0.367 e. The van der Waals surface area contributed by atoms with Crippen LogP contribution in [-0.2, 0) is 24.6 Å². The topological polar surface area (TPSA) is 126 Å². The third kappa shape index (κ3) is 3.28. The van der Waals surface area contributed by atoms with Crippen LogP contribution in [0.1, 0.15) is 23.0 Å². The van der Waals surface area contributed by atoms with Gasteiger partial charge in [0.1, 0.15) is 5.82 Å². The van der Waals surface area contributed by atoms with E-state index >= 15 is 0 Å². The van der Waals surface area contributed by atoms with Gasteiger partial charge in [-0.2, -0.15) is 0 Å². The van der Waals surface area contributed by atoms with Crippen molar-refractivity contribution in [2.75, 3.05) is 0 Å². The summed E-state index contributed by atoms with van der Waals surface area (Å²) in [7, 11) is -10.3. The maximum absolute atomic E-state index is 14.0. The lowest BCUT2D eigenvalue weighted by molar-refractivity contribution is -0.0596. The largest absolute Gasteiger partial charge is 0.374 e. The Labute approximate surface area is 148 Å². The zero-order valence-electron chi connectivity index (χ0n) is 13.5. The summed E-state index contributed by atoms with van der Waals surface area (Å²) < 4.78 is 49.0. The number of hydrogen-bond donors (Lipinski definition) is 3. The first kappa shape index (κ1) is 19.3. The maximum atomic E-state index is 14.0. The van der Waals surface area contributed by atoms with Crippen LogP contribution in [0.25, 0.3) is 0 Å². The molecule has 26 heavy (non-hydrogen) atoms. The van der Waals surface area contributed by atoms with Gasteiger partial charge in [-0.1, -0.05) is 17.7 Å². The number of aromatic nitrogens is 1. The molecule has 2 unspecified atom stereocenters. The lowest BCUT2D eigenvalue weighted by Gasteiger charge is -2.41. The fourth-order valence-corrected chi connectivity index (χ4v) is 6.10. The summed E-state index contributed by atoms with van der Waals surface area (Å²) in [5, 5.41) is 7.46. The second-order valence-electron chi connectivity index (χ2n) is 5.92. The molecule has 1 aromatic heterocycles. The third-order valence-corrected chi connectivity index (χ3v) is 8.55. The number of pyridine rings is 1. The van der Waals surface area contributed by atoms with E-state index in [0.29, 0.717) is 5.56 Å². The van der Waals surface area contributed by atoms with Gasteiger partial charge < -0.3 is 14.9 Å². The van der Waals surface area contributed by atoms with Crippen LogP contribution in [-0.4, -0.2) is 25.0 Å². The molecule has 0 saturated carbocycles. The Hall–Kier alpha value is -1.44. The van der Waals surface area contributed by atoms with Gasteiger partial charge in [0.2, 0.25) is 6.29 Å². The fourth-order valence-electron chi connectivity index (χ4n) is 2.54. The van der Waals surface area contributed by atoms with E-state index in [0.717, 1.165) is 6.07 Å². The van der Waals surface area contributed by atoms with Crippen molar-refractivity contribution in [3.8, 4) is 0 Å². The molecule has 3 N–H and O–H groups in total. The van der Waals surface area contributed by atoms with Crippen LogP contribution in [0.15, 0.2) is 42.7 Å². The van der Waals surface area contributed by atoms with Crippen LogP contribution >= 0.6 is 15.2 Å². The standard InChI is InChI=1S/C15H16FNO7P2/c1-10-4-5-13(16)12(7-10)14-23-25(19,20)15(18,26(21,22)24-14)8-11-3-2-6-17-9-11/h2-7,9,14,18H,8H2,1H3,(H,19,20)(H,21,22). The molecule has 2 heterocycles. The van der Waals surface area contributed by atoms with Gasteiger partial charge in [-0.3, -0.25) is 23.2 Å². The van der Waals surface area contributed by atoms with Crippen LogP contribution in [0.2, 0.25) is 0 Å². The first-order chi connectivity index (χ1) is 12.1. The number of benzene rings is 1.